The highest BCUT2D eigenvalue weighted by Crippen LogP contribution is 2.15. The summed E-state index contributed by atoms with van der Waals surface area (Å²) in [6, 6.07) is 6.60. The molecule has 2 rings (SSSR count). The molecule has 0 bridgehead atoms. The molecule has 1 heterocycles. The molecule has 1 saturated heterocycles. The molecular weight excluding hydrogens is 272 g/mol. The van der Waals surface area contributed by atoms with E-state index in [1.54, 1.807) is 7.11 Å². The fourth-order valence-electron chi connectivity index (χ4n) is 2.29. The van der Waals surface area contributed by atoms with E-state index in [4.69, 9.17) is 15.2 Å². The Labute approximate surface area is 123 Å². The standard InChI is InChI=1S/C15H20N2O4/c1-20-12-4-2-3-10(7-12)8-13(14(16)18)17-15(19)11-5-6-21-9-11/h2-4,7,11,13H,5-6,8-9H2,1H3,(H2,16,18)(H,17,19)/t11-,13+/m0/s1. The van der Waals surface area contributed by atoms with Gasteiger partial charge in [0.15, 0.2) is 0 Å². The number of hydrogen-bond donors (Lipinski definition) is 2. The Morgan fingerprint density at radius 3 is 2.95 bits per heavy atom. The lowest BCUT2D eigenvalue weighted by molar-refractivity contribution is -0.129. The maximum absolute atomic E-state index is 12.0. The predicted molar refractivity (Wildman–Crippen MR) is 76.7 cm³/mol. The average molecular weight is 292 g/mol. The van der Waals surface area contributed by atoms with E-state index in [9.17, 15) is 9.59 Å². The van der Waals surface area contributed by atoms with E-state index in [1.165, 1.54) is 0 Å². The lowest BCUT2D eigenvalue weighted by Crippen LogP contribution is -2.48. The zero-order chi connectivity index (χ0) is 15.2. The summed E-state index contributed by atoms with van der Waals surface area (Å²) in [6.07, 6.45) is 1.02. The summed E-state index contributed by atoms with van der Waals surface area (Å²) in [5.41, 5.74) is 6.26. The van der Waals surface area contributed by atoms with Crippen molar-refractivity contribution in [1.82, 2.24) is 5.32 Å². The highest BCUT2D eigenvalue weighted by atomic mass is 16.5. The van der Waals surface area contributed by atoms with E-state index in [1.807, 2.05) is 24.3 Å². The number of benzene rings is 1. The first kappa shape index (κ1) is 15.3. The molecule has 0 aliphatic carbocycles. The van der Waals surface area contributed by atoms with Crippen molar-refractivity contribution in [3.05, 3.63) is 29.8 Å². The summed E-state index contributed by atoms with van der Waals surface area (Å²) >= 11 is 0. The summed E-state index contributed by atoms with van der Waals surface area (Å²) < 4.78 is 10.3. The Hall–Kier alpha value is -2.08. The van der Waals surface area contributed by atoms with E-state index in [-0.39, 0.29) is 11.8 Å². The summed E-state index contributed by atoms with van der Waals surface area (Å²) in [6.45, 7) is 0.978. The molecule has 1 fully saturated rings. The number of carbonyl (C=O) groups is 2. The minimum atomic E-state index is -0.731. The van der Waals surface area contributed by atoms with Crippen LogP contribution >= 0.6 is 0 Å². The van der Waals surface area contributed by atoms with Crippen LogP contribution in [0.25, 0.3) is 0 Å². The monoisotopic (exact) mass is 292 g/mol. The molecule has 0 saturated carbocycles. The number of hydrogen-bond acceptors (Lipinski definition) is 4. The normalized spacial score (nSPS) is 19.0. The topological polar surface area (TPSA) is 90.7 Å². The Balaban J connectivity index is 2.01. The van der Waals surface area contributed by atoms with Crippen LogP contribution in [0.3, 0.4) is 0 Å². The Bertz CT molecular complexity index is 512. The zero-order valence-corrected chi connectivity index (χ0v) is 12.0. The summed E-state index contributed by atoms with van der Waals surface area (Å²) in [5, 5.41) is 2.71. The predicted octanol–water partition coefficient (Wildman–Crippen LogP) is 0.244. The molecule has 3 N–H and O–H groups in total. The number of nitrogens with one attached hydrogen (secondary N) is 1. The number of primary amides is 1. The SMILES string of the molecule is COc1cccc(C[C@@H](NC(=O)[C@H]2CCOC2)C(N)=O)c1. The molecule has 2 atom stereocenters. The van der Waals surface area contributed by atoms with E-state index in [2.05, 4.69) is 5.32 Å². The van der Waals surface area contributed by atoms with Gasteiger partial charge in [0.1, 0.15) is 11.8 Å². The number of nitrogens with two attached hydrogens (primary N) is 1. The number of rotatable bonds is 6. The van der Waals surface area contributed by atoms with Crippen LogP contribution < -0.4 is 15.8 Å². The Morgan fingerprint density at radius 2 is 2.33 bits per heavy atom. The van der Waals surface area contributed by atoms with Crippen molar-refractivity contribution in [1.29, 1.82) is 0 Å². The van der Waals surface area contributed by atoms with Gasteiger partial charge in [0.05, 0.1) is 19.6 Å². The molecule has 1 aliphatic rings. The zero-order valence-electron chi connectivity index (χ0n) is 12.0. The second-order valence-corrected chi connectivity index (χ2v) is 5.08. The third kappa shape index (κ3) is 4.19. The highest BCUT2D eigenvalue weighted by Gasteiger charge is 2.27. The molecule has 114 valence electrons. The van der Waals surface area contributed by atoms with E-state index in [0.29, 0.717) is 31.8 Å². The molecular formula is C15H20N2O4. The van der Waals surface area contributed by atoms with Gasteiger partial charge >= 0.3 is 0 Å². The molecule has 0 unspecified atom stereocenters. The van der Waals surface area contributed by atoms with E-state index in [0.717, 1.165) is 5.56 Å². The first-order valence-corrected chi connectivity index (χ1v) is 6.90. The highest BCUT2D eigenvalue weighted by molar-refractivity contribution is 5.87. The molecule has 6 nitrogen and oxygen atoms in total. The van der Waals surface area contributed by atoms with Crippen molar-refractivity contribution in [2.45, 2.75) is 18.9 Å². The average Bonchev–Trinajstić information content (AvgIpc) is 3.01. The van der Waals surface area contributed by atoms with Gasteiger partial charge < -0.3 is 20.5 Å². The molecule has 21 heavy (non-hydrogen) atoms. The van der Waals surface area contributed by atoms with Gasteiger partial charge in [-0.05, 0) is 24.1 Å². The van der Waals surface area contributed by atoms with Crippen molar-refractivity contribution in [3.8, 4) is 5.75 Å². The number of carbonyl (C=O) groups excluding carboxylic acids is 2. The third-order valence-corrected chi connectivity index (χ3v) is 3.53. The Morgan fingerprint density at radius 1 is 1.52 bits per heavy atom. The van der Waals surface area contributed by atoms with Crippen molar-refractivity contribution in [2.24, 2.45) is 11.7 Å². The van der Waals surface area contributed by atoms with Crippen LogP contribution in [0.5, 0.6) is 5.75 Å². The first-order chi connectivity index (χ1) is 10.1. The lowest BCUT2D eigenvalue weighted by atomic mass is 10.0. The molecule has 1 aromatic carbocycles. The van der Waals surface area contributed by atoms with Crippen LogP contribution in [-0.2, 0) is 20.7 Å². The minimum absolute atomic E-state index is 0.181. The van der Waals surface area contributed by atoms with Gasteiger partial charge in [0.2, 0.25) is 11.8 Å². The molecule has 1 aromatic rings. The molecule has 2 amide bonds. The maximum Gasteiger partial charge on any atom is 0.240 e. The van der Waals surface area contributed by atoms with Gasteiger partial charge in [0.25, 0.3) is 0 Å². The smallest absolute Gasteiger partial charge is 0.240 e. The van der Waals surface area contributed by atoms with Gasteiger partial charge in [-0.1, -0.05) is 12.1 Å². The van der Waals surface area contributed by atoms with Crippen LogP contribution in [0.15, 0.2) is 24.3 Å². The van der Waals surface area contributed by atoms with Crippen LogP contribution in [-0.4, -0.2) is 38.2 Å². The number of ether oxygens (including phenoxy) is 2. The van der Waals surface area contributed by atoms with E-state index >= 15 is 0 Å². The van der Waals surface area contributed by atoms with Gasteiger partial charge in [0, 0.05) is 13.0 Å². The second kappa shape index (κ2) is 7.08. The molecule has 6 heteroatoms. The van der Waals surface area contributed by atoms with E-state index < -0.39 is 11.9 Å². The maximum atomic E-state index is 12.0. The van der Waals surface area contributed by atoms with Crippen LogP contribution in [0, 0.1) is 5.92 Å². The van der Waals surface area contributed by atoms with Gasteiger partial charge in [-0.25, -0.2) is 0 Å². The van der Waals surface area contributed by atoms with Crippen molar-refractivity contribution in [3.63, 3.8) is 0 Å². The first-order valence-electron chi connectivity index (χ1n) is 6.90. The van der Waals surface area contributed by atoms with Crippen molar-refractivity contribution in [2.75, 3.05) is 20.3 Å². The van der Waals surface area contributed by atoms with Gasteiger partial charge in [-0.3, -0.25) is 9.59 Å². The van der Waals surface area contributed by atoms with Crippen LogP contribution in [0.2, 0.25) is 0 Å². The third-order valence-electron chi connectivity index (χ3n) is 3.53. The van der Waals surface area contributed by atoms with Crippen LogP contribution in [0.1, 0.15) is 12.0 Å². The summed E-state index contributed by atoms with van der Waals surface area (Å²) in [5.74, 6) is -0.229. The molecule has 1 aliphatic heterocycles. The summed E-state index contributed by atoms with van der Waals surface area (Å²) in [4.78, 5) is 23.6. The fourth-order valence-corrected chi connectivity index (χ4v) is 2.29. The number of amides is 2. The van der Waals surface area contributed by atoms with Crippen molar-refractivity contribution >= 4 is 11.8 Å². The minimum Gasteiger partial charge on any atom is -0.497 e. The lowest BCUT2D eigenvalue weighted by Gasteiger charge is -2.18. The van der Waals surface area contributed by atoms with Crippen molar-refractivity contribution < 1.29 is 19.1 Å². The van der Waals surface area contributed by atoms with Gasteiger partial charge in [-0.15, -0.1) is 0 Å². The summed E-state index contributed by atoms with van der Waals surface area (Å²) in [7, 11) is 1.58. The Kier molecular flexibility index (Phi) is 5.16. The number of methoxy groups -OCH3 is 1. The van der Waals surface area contributed by atoms with Crippen LogP contribution in [0.4, 0.5) is 0 Å². The molecule has 0 aromatic heterocycles. The quantitative estimate of drug-likeness (QED) is 0.786. The largest absolute Gasteiger partial charge is 0.497 e. The molecule has 0 spiro atoms. The second-order valence-electron chi connectivity index (χ2n) is 5.08. The van der Waals surface area contributed by atoms with Gasteiger partial charge in [-0.2, -0.15) is 0 Å². The molecule has 0 radical (unpaired) electrons. The fraction of sp³-hybridized carbons (Fsp3) is 0.467.